The molecule has 0 aromatic carbocycles. The molecule has 0 aliphatic carbocycles. The van der Waals surface area contributed by atoms with E-state index in [0.29, 0.717) is 12.0 Å². The number of rotatable bonds is 4. The van der Waals surface area contributed by atoms with E-state index < -0.39 is 0 Å². The van der Waals surface area contributed by atoms with Gasteiger partial charge < -0.3 is 5.11 Å². The molecule has 0 bridgehead atoms. The second-order valence-corrected chi connectivity index (χ2v) is 5.75. The topological polar surface area (TPSA) is 23.5 Å². The molecule has 0 amide bonds. The van der Waals surface area contributed by atoms with Crippen LogP contribution in [-0.4, -0.2) is 35.2 Å². The number of thiophene rings is 1. The van der Waals surface area contributed by atoms with E-state index in [1.807, 2.05) is 6.92 Å². The van der Waals surface area contributed by atoms with Crippen LogP contribution in [0.2, 0.25) is 0 Å². The Balaban J connectivity index is 1.85. The van der Waals surface area contributed by atoms with Crippen LogP contribution in [0.1, 0.15) is 25.8 Å². The summed E-state index contributed by atoms with van der Waals surface area (Å²) in [7, 11) is 0. The molecule has 2 heterocycles. The van der Waals surface area contributed by atoms with E-state index in [4.69, 9.17) is 0 Å². The molecule has 3 atom stereocenters. The van der Waals surface area contributed by atoms with Gasteiger partial charge in [-0.2, -0.15) is 11.3 Å². The van der Waals surface area contributed by atoms with Crippen LogP contribution in [0.3, 0.4) is 0 Å². The van der Waals surface area contributed by atoms with Crippen molar-refractivity contribution in [1.29, 1.82) is 0 Å². The highest BCUT2D eigenvalue weighted by Crippen LogP contribution is 2.23. The molecule has 2 nitrogen and oxygen atoms in total. The molecule has 0 spiro atoms. The van der Waals surface area contributed by atoms with Gasteiger partial charge in [0.25, 0.3) is 0 Å². The smallest absolute Gasteiger partial charge is 0.0552 e. The molecule has 16 heavy (non-hydrogen) atoms. The van der Waals surface area contributed by atoms with Gasteiger partial charge in [0, 0.05) is 12.6 Å². The highest BCUT2D eigenvalue weighted by atomic mass is 32.1. The lowest BCUT2D eigenvalue weighted by atomic mass is 10.0. The van der Waals surface area contributed by atoms with Gasteiger partial charge >= 0.3 is 0 Å². The van der Waals surface area contributed by atoms with Crippen LogP contribution in [0.4, 0.5) is 0 Å². The first-order valence-electron chi connectivity index (χ1n) is 6.10. The van der Waals surface area contributed by atoms with Crippen LogP contribution < -0.4 is 0 Å². The van der Waals surface area contributed by atoms with E-state index in [9.17, 15) is 5.11 Å². The van der Waals surface area contributed by atoms with Gasteiger partial charge in [-0.15, -0.1) is 0 Å². The summed E-state index contributed by atoms with van der Waals surface area (Å²) in [4.78, 5) is 2.51. The highest BCUT2D eigenvalue weighted by Gasteiger charge is 2.28. The Kier molecular flexibility index (Phi) is 4.00. The van der Waals surface area contributed by atoms with Crippen molar-refractivity contribution >= 4 is 11.3 Å². The number of likely N-dealkylation sites (tertiary alicyclic amines) is 1. The Labute approximate surface area is 102 Å². The zero-order valence-corrected chi connectivity index (χ0v) is 10.9. The van der Waals surface area contributed by atoms with Crippen molar-refractivity contribution in [2.45, 2.75) is 38.8 Å². The number of aliphatic hydroxyl groups is 1. The molecular weight excluding hydrogens is 218 g/mol. The zero-order chi connectivity index (χ0) is 11.5. The fourth-order valence-corrected chi connectivity index (χ4v) is 3.17. The minimum absolute atomic E-state index is 0.154. The molecule has 1 aliphatic heterocycles. The Morgan fingerprint density at radius 3 is 2.94 bits per heavy atom. The molecule has 2 rings (SSSR count). The average molecular weight is 239 g/mol. The molecule has 1 aromatic rings. The van der Waals surface area contributed by atoms with Gasteiger partial charge in [0.2, 0.25) is 0 Å². The second kappa shape index (κ2) is 5.30. The van der Waals surface area contributed by atoms with Crippen molar-refractivity contribution < 1.29 is 5.11 Å². The molecule has 1 saturated heterocycles. The zero-order valence-electron chi connectivity index (χ0n) is 10.1. The van der Waals surface area contributed by atoms with Gasteiger partial charge in [-0.1, -0.05) is 0 Å². The second-order valence-electron chi connectivity index (χ2n) is 4.97. The normalized spacial score (nSPS) is 25.8. The quantitative estimate of drug-likeness (QED) is 0.872. The summed E-state index contributed by atoms with van der Waals surface area (Å²) in [5.41, 5.74) is 1.44. The molecular formula is C13H21NOS. The summed E-state index contributed by atoms with van der Waals surface area (Å²) in [6, 6.07) is 2.81. The van der Waals surface area contributed by atoms with Crippen molar-refractivity contribution in [3.8, 4) is 0 Å². The number of nitrogens with zero attached hydrogens (tertiary/aromatic N) is 1. The minimum atomic E-state index is -0.154. The summed E-state index contributed by atoms with van der Waals surface area (Å²) in [5.74, 6) is 0.477. The van der Waals surface area contributed by atoms with Crippen LogP contribution in [-0.2, 0) is 6.42 Å². The van der Waals surface area contributed by atoms with Crippen molar-refractivity contribution in [2.75, 3.05) is 13.1 Å². The van der Waals surface area contributed by atoms with E-state index in [1.54, 1.807) is 11.3 Å². The van der Waals surface area contributed by atoms with E-state index in [-0.39, 0.29) is 6.10 Å². The lowest BCUT2D eigenvalue weighted by Crippen LogP contribution is -2.33. The molecule has 90 valence electrons. The van der Waals surface area contributed by atoms with Crippen LogP contribution in [0, 0.1) is 5.92 Å². The van der Waals surface area contributed by atoms with Crippen molar-refractivity contribution in [2.24, 2.45) is 5.92 Å². The lowest BCUT2D eigenvalue weighted by Gasteiger charge is -2.24. The van der Waals surface area contributed by atoms with Crippen molar-refractivity contribution in [3.63, 3.8) is 0 Å². The number of aliphatic hydroxyl groups excluding tert-OH is 1. The Morgan fingerprint density at radius 2 is 2.38 bits per heavy atom. The third-order valence-electron chi connectivity index (χ3n) is 3.67. The molecule has 0 saturated carbocycles. The fourth-order valence-electron chi connectivity index (χ4n) is 2.49. The van der Waals surface area contributed by atoms with Gasteiger partial charge in [-0.3, -0.25) is 4.90 Å². The predicted molar refractivity (Wildman–Crippen MR) is 68.8 cm³/mol. The van der Waals surface area contributed by atoms with E-state index in [0.717, 1.165) is 25.9 Å². The van der Waals surface area contributed by atoms with Crippen LogP contribution in [0.25, 0.3) is 0 Å². The monoisotopic (exact) mass is 239 g/mol. The molecule has 1 aliphatic rings. The molecule has 1 fully saturated rings. The van der Waals surface area contributed by atoms with Gasteiger partial charge in [0.05, 0.1) is 6.10 Å². The van der Waals surface area contributed by atoms with Crippen LogP contribution >= 0.6 is 11.3 Å². The van der Waals surface area contributed by atoms with Gasteiger partial charge in [0.1, 0.15) is 0 Å². The largest absolute Gasteiger partial charge is 0.393 e. The summed E-state index contributed by atoms with van der Waals surface area (Å²) in [6.45, 7) is 6.41. The van der Waals surface area contributed by atoms with Crippen LogP contribution in [0.5, 0.6) is 0 Å². The first-order chi connectivity index (χ1) is 7.66. The molecule has 0 radical (unpaired) electrons. The predicted octanol–water partition coefficient (Wildman–Crippen LogP) is 2.38. The highest BCUT2D eigenvalue weighted by molar-refractivity contribution is 7.07. The first kappa shape index (κ1) is 12.1. The van der Waals surface area contributed by atoms with Gasteiger partial charge in [-0.05, 0) is 61.5 Å². The Bertz CT molecular complexity index is 310. The van der Waals surface area contributed by atoms with E-state index >= 15 is 0 Å². The third kappa shape index (κ3) is 2.84. The van der Waals surface area contributed by atoms with Crippen LogP contribution in [0.15, 0.2) is 16.8 Å². The summed E-state index contributed by atoms with van der Waals surface area (Å²) < 4.78 is 0. The molecule has 1 N–H and O–H groups in total. The van der Waals surface area contributed by atoms with E-state index in [1.165, 1.54) is 5.56 Å². The summed E-state index contributed by atoms with van der Waals surface area (Å²) in [5, 5.41) is 14.0. The minimum Gasteiger partial charge on any atom is -0.393 e. The Morgan fingerprint density at radius 1 is 1.56 bits per heavy atom. The number of hydrogen-bond donors (Lipinski definition) is 1. The molecule has 3 heteroatoms. The van der Waals surface area contributed by atoms with Gasteiger partial charge in [-0.25, -0.2) is 0 Å². The standard InChI is InChI=1S/C13H21NOS/c1-10(7-12-4-6-16-9-12)14-5-3-13(8-14)11(2)15/h4,6,9-11,13,15H,3,5,7-8H2,1-2H3. The fraction of sp³-hybridized carbons (Fsp3) is 0.692. The summed E-state index contributed by atoms with van der Waals surface area (Å²) >= 11 is 1.77. The SMILES string of the molecule is CC(O)C1CCN(C(C)Cc2ccsc2)C1. The number of hydrogen-bond acceptors (Lipinski definition) is 3. The van der Waals surface area contributed by atoms with Crippen molar-refractivity contribution in [3.05, 3.63) is 22.4 Å². The molecule has 3 unspecified atom stereocenters. The maximum atomic E-state index is 9.58. The van der Waals surface area contributed by atoms with Gasteiger partial charge in [0.15, 0.2) is 0 Å². The average Bonchev–Trinajstić information content (AvgIpc) is 2.86. The van der Waals surface area contributed by atoms with Crippen molar-refractivity contribution in [1.82, 2.24) is 4.90 Å². The Hall–Kier alpha value is -0.380. The molecule has 1 aromatic heterocycles. The summed E-state index contributed by atoms with van der Waals surface area (Å²) in [6.07, 6.45) is 2.13. The maximum Gasteiger partial charge on any atom is 0.0552 e. The first-order valence-corrected chi connectivity index (χ1v) is 7.04. The van der Waals surface area contributed by atoms with E-state index in [2.05, 4.69) is 28.7 Å². The third-order valence-corrected chi connectivity index (χ3v) is 4.40. The lowest BCUT2D eigenvalue weighted by molar-refractivity contribution is 0.123. The maximum absolute atomic E-state index is 9.58.